The first-order valence-corrected chi connectivity index (χ1v) is 8.76. The molecule has 1 aliphatic carbocycles. The van der Waals surface area contributed by atoms with Crippen LogP contribution in [0.15, 0.2) is 42.5 Å². The molecule has 0 bridgehead atoms. The number of nitrogens with one attached hydrogen (secondary N) is 1. The van der Waals surface area contributed by atoms with Crippen molar-refractivity contribution in [3.05, 3.63) is 69.7 Å². The van der Waals surface area contributed by atoms with Crippen LogP contribution in [0, 0.1) is 0 Å². The van der Waals surface area contributed by atoms with Crippen LogP contribution in [-0.2, 0) is 40.1 Å². The lowest BCUT2D eigenvalue weighted by molar-refractivity contribution is -0.147. The quantitative estimate of drug-likeness (QED) is 0.807. The molecule has 0 atom stereocenters. The molecular formula is C20H20ClNO3. The fraction of sp³-hybridized carbons (Fsp3) is 0.300. The van der Waals surface area contributed by atoms with E-state index in [0.29, 0.717) is 11.6 Å². The molecule has 1 amide bonds. The van der Waals surface area contributed by atoms with Crippen LogP contribution < -0.4 is 5.32 Å². The van der Waals surface area contributed by atoms with Gasteiger partial charge in [-0.15, -0.1) is 0 Å². The maximum absolute atomic E-state index is 11.9. The molecule has 1 aliphatic rings. The molecule has 4 nitrogen and oxygen atoms in total. The summed E-state index contributed by atoms with van der Waals surface area (Å²) >= 11 is 6.03. The van der Waals surface area contributed by atoms with Gasteiger partial charge in [0.05, 0.1) is 6.42 Å². The standard InChI is InChI=1S/C20H20ClNO3/c21-18-7-2-1-4-17(18)12-22-19(23)13-25-20(24)11-14-8-9-15-5-3-6-16(15)10-14/h1-2,4,7-10H,3,5-6,11-13H2,(H,22,23). The van der Waals surface area contributed by atoms with Gasteiger partial charge in [-0.1, -0.05) is 48.0 Å². The van der Waals surface area contributed by atoms with Crippen molar-refractivity contribution in [2.75, 3.05) is 6.61 Å². The SMILES string of the molecule is O=C(COC(=O)Cc1ccc2c(c1)CCC2)NCc1ccccc1Cl. The van der Waals surface area contributed by atoms with Crippen molar-refractivity contribution in [2.24, 2.45) is 0 Å². The van der Waals surface area contributed by atoms with Crippen molar-refractivity contribution in [2.45, 2.75) is 32.2 Å². The molecule has 5 heteroatoms. The predicted molar refractivity (Wildman–Crippen MR) is 96.4 cm³/mol. The summed E-state index contributed by atoms with van der Waals surface area (Å²) in [7, 11) is 0. The van der Waals surface area contributed by atoms with E-state index < -0.39 is 5.97 Å². The van der Waals surface area contributed by atoms with Gasteiger partial charge in [-0.25, -0.2) is 0 Å². The average molecular weight is 358 g/mol. The molecule has 25 heavy (non-hydrogen) atoms. The summed E-state index contributed by atoms with van der Waals surface area (Å²) in [5.74, 6) is -0.743. The molecule has 1 N–H and O–H groups in total. The maximum Gasteiger partial charge on any atom is 0.310 e. The first-order valence-electron chi connectivity index (χ1n) is 8.38. The lowest BCUT2D eigenvalue weighted by Gasteiger charge is -2.08. The van der Waals surface area contributed by atoms with E-state index in [4.69, 9.17) is 16.3 Å². The maximum atomic E-state index is 11.9. The van der Waals surface area contributed by atoms with E-state index >= 15 is 0 Å². The minimum absolute atomic E-state index is 0.186. The highest BCUT2D eigenvalue weighted by atomic mass is 35.5. The molecule has 0 heterocycles. The third-order valence-electron chi connectivity index (χ3n) is 4.31. The monoisotopic (exact) mass is 357 g/mol. The van der Waals surface area contributed by atoms with E-state index in [0.717, 1.165) is 24.0 Å². The molecule has 0 saturated carbocycles. The number of amides is 1. The molecule has 0 saturated heterocycles. The first-order chi connectivity index (χ1) is 12.1. The minimum Gasteiger partial charge on any atom is -0.455 e. The van der Waals surface area contributed by atoms with Crippen molar-refractivity contribution in [3.8, 4) is 0 Å². The molecule has 0 unspecified atom stereocenters. The van der Waals surface area contributed by atoms with Crippen molar-refractivity contribution < 1.29 is 14.3 Å². The van der Waals surface area contributed by atoms with Crippen molar-refractivity contribution in [3.63, 3.8) is 0 Å². The summed E-state index contributed by atoms with van der Waals surface area (Å²) < 4.78 is 5.06. The lowest BCUT2D eigenvalue weighted by Crippen LogP contribution is -2.28. The zero-order chi connectivity index (χ0) is 17.6. The van der Waals surface area contributed by atoms with E-state index in [1.165, 1.54) is 17.5 Å². The Bertz CT molecular complexity index is 788. The summed E-state index contributed by atoms with van der Waals surface area (Å²) in [6.07, 6.45) is 3.55. The van der Waals surface area contributed by atoms with Gasteiger partial charge in [0, 0.05) is 11.6 Å². The zero-order valence-electron chi connectivity index (χ0n) is 13.9. The van der Waals surface area contributed by atoms with Gasteiger partial charge in [-0.05, 0) is 47.6 Å². The number of carbonyl (C=O) groups is 2. The smallest absolute Gasteiger partial charge is 0.310 e. The van der Waals surface area contributed by atoms with Crippen LogP contribution in [0.5, 0.6) is 0 Å². The zero-order valence-corrected chi connectivity index (χ0v) is 14.6. The number of aryl methyl sites for hydroxylation is 2. The Morgan fingerprint density at radius 1 is 1.08 bits per heavy atom. The van der Waals surface area contributed by atoms with Gasteiger partial charge < -0.3 is 10.1 Å². The van der Waals surface area contributed by atoms with Crippen molar-refractivity contribution in [1.82, 2.24) is 5.32 Å². The molecule has 2 aromatic carbocycles. The molecule has 3 rings (SSSR count). The van der Waals surface area contributed by atoms with Gasteiger partial charge in [-0.2, -0.15) is 0 Å². The van der Waals surface area contributed by atoms with Crippen LogP contribution in [0.25, 0.3) is 0 Å². The fourth-order valence-corrected chi connectivity index (χ4v) is 3.19. The van der Waals surface area contributed by atoms with Gasteiger partial charge >= 0.3 is 5.97 Å². The second-order valence-electron chi connectivity index (χ2n) is 6.16. The van der Waals surface area contributed by atoms with Crippen LogP contribution in [0.2, 0.25) is 5.02 Å². The summed E-state index contributed by atoms with van der Waals surface area (Å²) in [5.41, 5.74) is 4.45. The number of esters is 1. The van der Waals surface area contributed by atoms with Crippen LogP contribution in [0.3, 0.4) is 0 Å². The largest absolute Gasteiger partial charge is 0.455 e. The van der Waals surface area contributed by atoms with E-state index in [-0.39, 0.29) is 18.9 Å². The predicted octanol–water partition coefficient (Wildman–Crippen LogP) is 3.23. The number of halogens is 1. The third kappa shape index (κ3) is 4.83. The van der Waals surface area contributed by atoms with Crippen molar-refractivity contribution >= 4 is 23.5 Å². The van der Waals surface area contributed by atoms with Crippen LogP contribution in [-0.4, -0.2) is 18.5 Å². The van der Waals surface area contributed by atoms with E-state index in [9.17, 15) is 9.59 Å². The molecule has 0 radical (unpaired) electrons. The molecular weight excluding hydrogens is 338 g/mol. The first kappa shape index (κ1) is 17.5. The minimum atomic E-state index is -0.397. The number of benzene rings is 2. The average Bonchev–Trinajstić information content (AvgIpc) is 3.07. The molecule has 130 valence electrons. The normalized spacial score (nSPS) is 12.5. The van der Waals surface area contributed by atoms with Gasteiger partial charge in [0.25, 0.3) is 5.91 Å². The Morgan fingerprint density at radius 3 is 2.72 bits per heavy atom. The Labute approximate surface area is 152 Å². The van der Waals surface area contributed by atoms with E-state index in [1.54, 1.807) is 6.07 Å². The number of rotatable bonds is 6. The highest BCUT2D eigenvalue weighted by molar-refractivity contribution is 6.31. The van der Waals surface area contributed by atoms with Gasteiger partial charge in [0.1, 0.15) is 0 Å². The summed E-state index contributed by atoms with van der Waals surface area (Å²) in [6.45, 7) is 0.0229. The molecule has 0 aromatic heterocycles. The second-order valence-corrected chi connectivity index (χ2v) is 6.57. The summed E-state index contributed by atoms with van der Waals surface area (Å²) in [5, 5.41) is 3.29. The van der Waals surface area contributed by atoms with Gasteiger partial charge in [-0.3, -0.25) is 9.59 Å². The van der Waals surface area contributed by atoms with Crippen LogP contribution in [0.4, 0.5) is 0 Å². The van der Waals surface area contributed by atoms with Crippen LogP contribution in [0.1, 0.15) is 28.7 Å². The van der Waals surface area contributed by atoms with Gasteiger partial charge in [0.2, 0.25) is 0 Å². The summed E-state index contributed by atoms with van der Waals surface area (Å²) in [6, 6.07) is 13.4. The van der Waals surface area contributed by atoms with Crippen LogP contribution >= 0.6 is 11.6 Å². The summed E-state index contributed by atoms with van der Waals surface area (Å²) in [4.78, 5) is 23.7. The Morgan fingerprint density at radius 2 is 1.88 bits per heavy atom. The van der Waals surface area contributed by atoms with E-state index in [2.05, 4.69) is 17.4 Å². The number of ether oxygens (including phenoxy) is 1. The number of hydrogen-bond acceptors (Lipinski definition) is 3. The van der Waals surface area contributed by atoms with E-state index in [1.807, 2.05) is 24.3 Å². The highest BCUT2D eigenvalue weighted by Gasteiger charge is 2.13. The molecule has 0 spiro atoms. The second kappa shape index (κ2) is 8.17. The lowest BCUT2D eigenvalue weighted by atomic mass is 10.0. The molecule has 0 fully saturated rings. The number of fused-ring (bicyclic) bond motifs is 1. The molecule has 2 aromatic rings. The Balaban J connectivity index is 1.42. The highest BCUT2D eigenvalue weighted by Crippen LogP contribution is 2.23. The fourth-order valence-electron chi connectivity index (χ4n) is 2.99. The van der Waals surface area contributed by atoms with Gasteiger partial charge in [0.15, 0.2) is 6.61 Å². The Kier molecular flexibility index (Phi) is 5.71. The van der Waals surface area contributed by atoms with Crippen molar-refractivity contribution in [1.29, 1.82) is 0 Å². The topological polar surface area (TPSA) is 55.4 Å². The number of hydrogen-bond donors (Lipinski definition) is 1. The number of carbonyl (C=O) groups excluding carboxylic acids is 2. The third-order valence-corrected chi connectivity index (χ3v) is 4.68. The molecule has 0 aliphatic heterocycles. The Hall–Kier alpha value is -2.33.